The van der Waals surface area contributed by atoms with Crippen LogP contribution in [0.1, 0.15) is 0 Å². The molecule has 4 N–H and O–H groups in total. The van der Waals surface area contributed by atoms with E-state index in [1.807, 2.05) is 0 Å². The van der Waals surface area contributed by atoms with Crippen molar-refractivity contribution in [3.63, 3.8) is 0 Å². The van der Waals surface area contributed by atoms with Crippen molar-refractivity contribution in [2.24, 2.45) is 0 Å². The van der Waals surface area contributed by atoms with Gasteiger partial charge in [-0.1, -0.05) is 12.2 Å². The average molecular weight is 312 g/mol. The van der Waals surface area contributed by atoms with Crippen molar-refractivity contribution in [1.82, 2.24) is 10.6 Å². The fourth-order valence-electron chi connectivity index (χ4n) is 1.51. The van der Waals surface area contributed by atoms with Crippen molar-refractivity contribution in [1.29, 1.82) is 0 Å². The molecule has 0 aromatic heterocycles. The summed E-state index contributed by atoms with van der Waals surface area (Å²) in [5.74, 6) is -2.18. The van der Waals surface area contributed by atoms with Crippen molar-refractivity contribution >= 4 is 33.5 Å². The summed E-state index contributed by atoms with van der Waals surface area (Å²) in [7, 11) is 1.85. The van der Waals surface area contributed by atoms with Gasteiger partial charge in [-0.3, -0.25) is 0 Å². The third-order valence-electron chi connectivity index (χ3n) is 2.61. The third kappa shape index (κ3) is 2.70. The number of rotatable bonds is 5. The summed E-state index contributed by atoms with van der Waals surface area (Å²) in [5.41, 5.74) is 0. The number of carbonyl (C=O) groups is 2. The standard InChI is InChI=1S/C12H12N2O4S2/c15-9(16)11(5-1-3-7-13-11)19-20-12(10(17)18)6-2-4-8-14-12/h1-8,13-14H,(H,15,16)(H,17,18). The summed E-state index contributed by atoms with van der Waals surface area (Å²) in [4.78, 5) is 20.1. The van der Waals surface area contributed by atoms with Crippen LogP contribution in [-0.4, -0.2) is 31.9 Å². The van der Waals surface area contributed by atoms with Gasteiger partial charge in [0.15, 0.2) is 0 Å². The van der Waals surface area contributed by atoms with Crippen LogP contribution in [0.4, 0.5) is 0 Å². The molecular formula is C12H12N2O4S2. The van der Waals surface area contributed by atoms with Gasteiger partial charge in [-0.2, -0.15) is 0 Å². The molecule has 2 aliphatic heterocycles. The molecule has 2 atom stereocenters. The minimum absolute atomic E-state index is 0.926. The van der Waals surface area contributed by atoms with Gasteiger partial charge in [0.25, 0.3) is 0 Å². The number of hydrogen-bond acceptors (Lipinski definition) is 6. The number of hydrogen-bond donors (Lipinski definition) is 4. The number of carboxylic acid groups (broad SMARTS) is 2. The Hall–Kier alpha value is -1.80. The van der Waals surface area contributed by atoms with Gasteiger partial charge in [0.05, 0.1) is 0 Å². The minimum Gasteiger partial charge on any atom is -0.479 e. The zero-order chi connectivity index (χ0) is 14.6. The molecule has 0 saturated carbocycles. The summed E-state index contributed by atoms with van der Waals surface area (Å²) < 4.78 is 0. The normalized spacial score (nSPS) is 30.6. The van der Waals surface area contributed by atoms with Crippen LogP contribution < -0.4 is 10.6 Å². The Labute approximate surface area is 123 Å². The van der Waals surface area contributed by atoms with Crippen molar-refractivity contribution in [2.45, 2.75) is 9.74 Å². The highest BCUT2D eigenvalue weighted by molar-refractivity contribution is 8.78. The SMILES string of the molecule is O=C(O)C1(SSC2(C(=O)O)C=CC=CN2)C=CC=CN1. The van der Waals surface area contributed by atoms with E-state index >= 15 is 0 Å². The average Bonchev–Trinajstić information content (AvgIpc) is 2.47. The molecule has 0 bridgehead atoms. The van der Waals surface area contributed by atoms with Crippen molar-refractivity contribution in [2.75, 3.05) is 0 Å². The van der Waals surface area contributed by atoms with Crippen LogP contribution in [0.25, 0.3) is 0 Å². The van der Waals surface area contributed by atoms with Gasteiger partial charge in [-0.25, -0.2) is 9.59 Å². The largest absolute Gasteiger partial charge is 0.479 e. The van der Waals surface area contributed by atoms with E-state index in [-0.39, 0.29) is 0 Å². The summed E-state index contributed by atoms with van der Waals surface area (Å²) in [6.07, 6.45) is 12.5. The summed E-state index contributed by atoms with van der Waals surface area (Å²) in [5, 5.41) is 24.2. The Kier molecular flexibility index (Phi) is 4.15. The Balaban J connectivity index is 2.16. The molecule has 2 unspecified atom stereocenters. The molecule has 2 aliphatic rings. The van der Waals surface area contributed by atoms with Crippen molar-refractivity contribution in [3.05, 3.63) is 48.9 Å². The lowest BCUT2D eigenvalue weighted by molar-refractivity contribution is -0.140. The predicted molar refractivity (Wildman–Crippen MR) is 78.7 cm³/mol. The van der Waals surface area contributed by atoms with Crippen LogP contribution in [0.15, 0.2) is 48.9 Å². The van der Waals surface area contributed by atoms with Crippen LogP contribution in [-0.2, 0) is 9.59 Å². The van der Waals surface area contributed by atoms with Gasteiger partial charge in [0.2, 0.25) is 9.74 Å². The fraction of sp³-hybridized carbons (Fsp3) is 0.167. The Morgan fingerprint density at radius 1 is 0.800 bits per heavy atom. The number of nitrogens with one attached hydrogen (secondary N) is 2. The van der Waals surface area contributed by atoms with Gasteiger partial charge in [-0.05, 0) is 58.3 Å². The van der Waals surface area contributed by atoms with Gasteiger partial charge in [-0.15, -0.1) is 0 Å². The lowest BCUT2D eigenvalue weighted by atomic mass is 10.2. The second-order valence-electron chi connectivity index (χ2n) is 3.97. The van der Waals surface area contributed by atoms with Gasteiger partial charge in [0.1, 0.15) is 0 Å². The highest BCUT2D eigenvalue weighted by Crippen LogP contribution is 2.44. The molecule has 8 heteroatoms. The number of allylic oxidation sites excluding steroid dienone is 4. The molecule has 0 aliphatic carbocycles. The molecular weight excluding hydrogens is 300 g/mol. The van der Waals surface area contributed by atoms with Crippen molar-refractivity contribution in [3.8, 4) is 0 Å². The Bertz CT molecular complexity index is 496. The Morgan fingerprint density at radius 2 is 1.20 bits per heavy atom. The molecule has 0 aromatic carbocycles. The second kappa shape index (κ2) is 5.68. The third-order valence-corrected chi connectivity index (χ3v) is 5.91. The van der Waals surface area contributed by atoms with Crippen LogP contribution in [0.3, 0.4) is 0 Å². The van der Waals surface area contributed by atoms with Crippen LogP contribution in [0, 0.1) is 0 Å². The smallest absolute Gasteiger partial charge is 0.345 e. The Morgan fingerprint density at radius 3 is 1.45 bits per heavy atom. The van der Waals surface area contributed by atoms with E-state index in [0.717, 1.165) is 21.6 Å². The first-order valence-corrected chi connectivity index (χ1v) is 7.73. The zero-order valence-electron chi connectivity index (χ0n) is 10.1. The maximum Gasteiger partial charge on any atom is 0.345 e. The zero-order valence-corrected chi connectivity index (χ0v) is 11.8. The predicted octanol–water partition coefficient (Wildman–Crippen LogP) is 1.28. The maximum absolute atomic E-state index is 11.4. The monoisotopic (exact) mass is 312 g/mol. The second-order valence-corrected chi connectivity index (χ2v) is 6.59. The first-order chi connectivity index (χ1) is 9.51. The topological polar surface area (TPSA) is 98.7 Å². The summed E-state index contributed by atoms with van der Waals surface area (Å²) in [6.45, 7) is 0. The van der Waals surface area contributed by atoms with E-state index in [2.05, 4.69) is 10.6 Å². The number of carboxylic acids is 2. The van der Waals surface area contributed by atoms with Crippen LogP contribution in [0.5, 0.6) is 0 Å². The van der Waals surface area contributed by atoms with E-state index < -0.39 is 21.7 Å². The van der Waals surface area contributed by atoms with E-state index in [1.165, 1.54) is 24.6 Å². The molecule has 0 amide bonds. The molecule has 0 spiro atoms. The first-order valence-electron chi connectivity index (χ1n) is 5.59. The van der Waals surface area contributed by atoms with Gasteiger partial charge in [0, 0.05) is 0 Å². The first kappa shape index (κ1) is 14.6. The summed E-state index contributed by atoms with van der Waals surface area (Å²) >= 11 is 0. The van der Waals surface area contributed by atoms with E-state index in [1.54, 1.807) is 24.3 Å². The molecule has 2 heterocycles. The van der Waals surface area contributed by atoms with Crippen LogP contribution >= 0.6 is 21.6 Å². The fourth-order valence-corrected chi connectivity index (χ4v) is 4.25. The molecule has 106 valence electrons. The molecule has 6 nitrogen and oxygen atoms in total. The molecule has 2 rings (SSSR count). The molecule has 20 heavy (non-hydrogen) atoms. The van der Waals surface area contributed by atoms with Crippen molar-refractivity contribution < 1.29 is 19.8 Å². The lowest BCUT2D eigenvalue weighted by Gasteiger charge is -2.32. The summed E-state index contributed by atoms with van der Waals surface area (Å²) in [6, 6.07) is 0. The molecule has 0 radical (unpaired) electrons. The highest BCUT2D eigenvalue weighted by Gasteiger charge is 2.44. The van der Waals surface area contributed by atoms with Gasteiger partial charge >= 0.3 is 11.9 Å². The van der Waals surface area contributed by atoms with E-state index in [0.29, 0.717) is 0 Å². The molecule has 0 fully saturated rings. The number of aliphatic carboxylic acids is 2. The molecule has 0 saturated heterocycles. The quantitative estimate of drug-likeness (QED) is 0.564. The van der Waals surface area contributed by atoms with E-state index in [9.17, 15) is 19.8 Å². The highest BCUT2D eigenvalue weighted by atomic mass is 33.1. The maximum atomic E-state index is 11.4. The minimum atomic E-state index is -1.39. The number of dihydropyridines is 2. The van der Waals surface area contributed by atoms with Crippen LogP contribution in [0.2, 0.25) is 0 Å². The van der Waals surface area contributed by atoms with Gasteiger partial charge < -0.3 is 20.8 Å². The lowest BCUT2D eigenvalue weighted by Crippen LogP contribution is -2.49. The van der Waals surface area contributed by atoms with E-state index in [4.69, 9.17) is 0 Å². The molecule has 0 aromatic rings.